The first-order valence-electron chi connectivity index (χ1n) is 9.39. The van der Waals surface area contributed by atoms with Gasteiger partial charge in [0.15, 0.2) is 5.60 Å². The summed E-state index contributed by atoms with van der Waals surface area (Å²) in [5, 5.41) is 8.02. The van der Waals surface area contributed by atoms with E-state index in [9.17, 15) is 18.0 Å². The van der Waals surface area contributed by atoms with Gasteiger partial charge < -0.3 is 13.9 Å². The smallest absolute Gasteiger partial charge is 0.450 e. The monoisotopic (exact) mass is 446 g/mol. The van der Waals surface area contributed by atoms with E-state index in [1.165, 1.54) is 31.2 Å². The summed E-state index contributed by atoms with van der Waals surface area (Å²) in [5.41, 5.74) is 1.41. The van der Waals surface area contributed by atoms with Gasteiger partial charge >= 0.3 is 12.3 Å². The van der Waals surface area contributed by atoms with Crippen LogP contribution in [0, 0.1) is 0 Å². The third-order valence-corrected chi connectivity index (χ3v) is 4.48. The van der Waals surface area contributed by atoms with E-state index < -0.39 is 17.9 Å². The third kappa shape index (κ3) is 4.41. The number of imidazole rings is 1. The topological polar surface area (TPSA) is 92.3 Å². The van der Waals surface area contributed by atoms with Gasteiger partial charge in [-0.1, -0.05) is 0 Å². The van der Waals surface area contributed by atoms with Crippen LogP contribution in [-0.4, -0.2) is 32.1 Å². The molecule has 0 saturated heterocycles. The van der Waals surface area contributed by atoms with E-state index in [4.69, 9.17) is 9.15 Å². The molecule has 166 valence electrons. The number of ether oxygens (including phenoxy) is 2. The Kier molecular flexibility index (Phi) is 5.11. The standard InChI is InChI=1S/C21H17F3N4O4/c1-12(29)31-20(2,3)19-27-26-18(30-19)13-4-9-16-17(10-13)28(11-25-16)14-5-7-15(8-6-14)32-21(22,23)24/h4-11H,1-3H3. The van der Waals surface area contributed by atoms with Crippen molar-refractivity contribution in [2.75, 3.05) is 0 Å². The minimum absolute atomic E-state index is 0.136. The quantitative estimate of drug-likeness (QED) is 0.408. The zero-order valence-electron chi connectivity index (χ0n) is 17.2. The minimum atomic E-state index is -4.76. The molecule has 2 aromatic carbocycles. The lowest BCUT2D eigenvalue weighted by Gasteiger charge is -2.19. The molecular formula is C21H17F3N4O4. The molecule has 0 bridgehead atoms. The van der Waals surface area contributed by atoms with Crippen molar-refractivity contribution in [3.8, 4) is 22.9 Å². The summed E-state index contributed by atoms with van der Waals surface area (Å²) >= 11 is 0. The Morgan fingerprint density at radius 1 is 1.06 bits per heavy atom. The summed E-state index contributed by atoms with van der Waals surface area (Å²) in [6.07, 6.45) is -3.21. The Bertz CT molecular complexity index is 1280. The number of carbonyl (C=O) groups excluding carboxylic acids is 1. The molecule has 2 aromatic heterocycles. The van der Waals surface area contributed by atoms with Gasteiger partial charge in [0, 0.05) is 18.2 Å². The Hall–Kier alpha value is -3.89. The van der Waals surface area contributed by atoms with Crippen molar-refractivity contribution < 1.29 is 31.9 Å². The summed E-state index contributed by atoms with van der Waals surface area (Å²) < 4.78 is 53.7. The van der Waals surface area contributed by atoms with E-state index in [1.54, 1.807) is 42.9 Å². The molecule has 0 N–H and O–H groups in total. The second-order valence-electron chi connectivity index (χ2n) is 7.38. The highest BCUT2D eigenvalue weighted by molar-refractivity contribution is 5.82. The molecule has 2 heterocycles. The van der Waals surface area contributed by atoms with Gasteiger partial charge in [-0.25, -0.2) is 4.98 Å². The Morgan fingerprint density at radius 3 is 2.44 bits per heavy atom. The van der Waals surface area contributed by atoms with Crippen LogP contribution in [-0.2, 0) is 15.1 Å². The van der Waals surface area contributed by atoms with Crippen LogP contribution in [0.1, 0.15) is 26.7 Å². The summed E-state index contributed by atoms with van der Waals surface area (Å²) in [5.74, 6) is -0.452. The number of nitrogens with zero attached hydrogens (tertiary/aromatic N) is 4. The predicted octanol–water partition coefficient (Wildman–Crippen LogP) is 4.77. The van der Waals surface area contributed by atoms with Crippen molar-refractivity contribution in [2.24, 2.45) is 0 Å². The third-order valence-electron chi connectivity index (χ3n) is 4.48. The summed E-state index contributed by atoms with van der Waals surface area (Å²) in [4.78, 5) is 15.6. The summed E-state index contributed by atoms with van der Waals surface area (Å²) in [7, 11) is 0. The molecule has 0 radical (unpaired) electrons. The number of esters is 1. The van der Waals surface area contributed by atoms with E-state index in [0.717, 1.165) is 0 Å². The predicted molar refractivity (Wildman–Crippen MR) is 106 cm³/mol. The van der Waals surface area contributed by atoms with Crippen LogP contribution in [0.3, 0.4) is 0 Å². The van der Waals surface area contributed by atoms with Gasteiger partial charge in [-0.3, -0.25) is 9.36 Å². The van der Waals surface area contributed by atoms with Crippen LogP contribution in [0.5, 0.6) is 5.75 Å². The molecule has 0 fully saturated rings. The highest BCUT2D eigenvalue weighted by Crippen LogP contribution is 2.30. The second-order valence-corrected chi connectivity index (χ2v) is 7.38. The fourth-order valence-corrected chi connectivity index (χ4v) is 3.14. The van der Waals surface area contributed by atoms with Gasteiger partial charge in [0.2, 0.25) is 5.89 Å². The highest BCUT2D eigenvalue weighted by Gasteiger charge is 2.32. The van der Waals surface area contributed by atoms with E-state index in [-0.39, 0.29) is 17.5 Å². The number of rotatable bonds is 5. The number of halogens is 3. The average Bonchev–Trinajstić information content (AvgIpc) is 3.34. The number of fused-ring (bicyclic) bond motifs is 1. The molecule has 4 aromatic rings. The van der Waals surface area contributed by atoms with Crippen molar-refractivity contribution in [1.82, 2.24) is 19.7 Å². The summed E-state index contributed by atoms with van der Waals surface area (Å²) in [6, 6.07) is 10.7. The number of aromatic nitrogens is 4. The highest BCUT2D eigenvalue weighted by atomic mass is 19.4. The number of hydrogen-bond acceptors (Lipinski definition) is 7. The molecular weight excluding hydrogens is 429 g/mol. The lowest BCUT2D eigenvalue weighted by molar-refractivity contribution is -0.274. The molecule has 0 aliphatic carbocycles. The van der Waals surface area contributed by atoms with Crippen LogP contribution in [0.25, 0.3) is 28.2 Å². The van der Waals surface area contributed by atoms with Gasteiger partial charge in [-0.2, -0.15) is 0 Å². The lowest BCUT2D eigenvalue weighted by atomic mass is 10.1. The zero-order valence-corrected chi connectivity index (χ0v) is 17.2. The van der Waals surface area contributed by atoms with Crippen LogP contribution >= 0.6 is 0 Å². The van der Waals surface area contributed by atoms with Gasteiger partial charge in [0.05, 0.1) is 11.0 Å². The minimum Gasteiger partial charge on any atom is -0.450 e. The maximum atomic E-state index is 12.4. The number of alkyl halides is 3. The fourth-order valence-electron chi connectivity index (χ4n) is 3.14. The van der Waals surface area contributed by atoms with E-state index in [1.807, 2.05) is 0 Å². The maximum absolute atomic E-state index is 12.4. The molecule has 32 heavy (non-hydrogen) atoms. The lowest BCUT2D eigenvalue weighted by Crippen LogP contribution is -2.24. The van der Waals surface area contributed by atoms with E-state index in [2.05, 4.69) is 19.9 Å². The van der Waals surface area contributed by atoms with Gasteiger partial charge in [0.1, 0.15) is 12.1 Å². The molecule has 0 unspecified atom stereocenters. The molecule has 0 saturated carbocycles. The van der Waals surface area contributed by atoms with Crippen LogP contribution in [0.2, 0.25) is 0 Å². The summed E-state index contributed by atoms with van der Waals surface area (Å²) in [6.45, 7) is 4.56. The van der Waals surface area contributed by atoms with Gasteiger partial charge in [0.25, 0.3) is 5.89 Å². The van der Waals surface area contributed by atoms with Crippen molar-refractivity contribution in [3.63, 3.8) is 0 Å². The van der Waals surface area contributed by atoms with E-state index >= 15 is 0 Å². The molecule has 0 atom stereocenters. The SMILES string of the molecule is CC(=O)OC(C)(C)c1nnc(-c2ccc3ncn(-c4ccc(OC(F)(F)F)cc4)c3c2)o1. The first-order chi connectivity index (χ1) is 15.0. The largest absolute Gasteiger partial charge is 0.573 e. The Balaban J connectivity index is 1.66. The first kappa shape index (κ1) is 21.3. The van der Waals surface area contributed by atoms with Crippen LogP contribution < -0.4 is 4.74 Å². The Morgan fingerprint density at radius 2 is 1.78 bits per heavy atom. The number of benzene rings is 2. The van der Waals surface area contributed by atoms with Crippen molar-refractivity contribution >= 4 is 17.0 Å². The van der Waals surface area contributed by atoms with Crippen LogP contribution in [0.15, 0.2) is 53.2 Å². The molecule has 11 heteroatoms. The maximum Gasteiger partial charge on any atom is 0.573 e. The van der Waals surface area contributed by atoms with Gasteiger partial charge in [-0.05, 0) is 56.3 Å². The van der Waals surface area contributed by atoms with Crippen molar-refractivity contribution in [3.05, 3.63) is 54.7 Å². The molecule has 0 amide bonds. The number of hydrogen-bond donors (Lipinski definition) is 0. The molecule has 8 nitrogen and oxygen atoms in total. The van der Waals surface area contributed by atoms with Crippen molar-refractivity contribution in [2.45, 2.75) is 32.7 Å². The first-order valence-corrected chi connectivity index (χ1v) is 9.39. The Labute approximate surface area is 179 Å². The molecule has 4 rings (SSSR count). The van der Waals surface area contributed by atoms with Crippen molar-refractivity contribution in [1.29, 1.82) is 0 Å². The molecule has 0 aliphatic heterocycles. The fraction of sp³-hybridized carbons (Fsp3) is 0.238. The second kappa shape index (κ2) is 7.66. The van der Waals surface area contributed by atoms with Crippen LogP contribution in [0.4, 0.5) is 13.2 Å². The van der Waals surface area contributed by atoms with E-state index in [0.29, 0.717) is 22.3 Å². The molecule has 0 aliphatic rings. The normalized spacial score (nSPS) is 12.2. The zero-order chi connectivity index (χ0) is 23.1. The number of carbonyl (C=O) groups is 1. The molecule has 0 spiro atoms. The average molecular weight is 446 g/mol. The van der Waals surface area contributed by atoms with Gasteiger partial charge in [-0.15, -0.1) is 23.4 Å².